The second kappa shape index (κ2) is 17.9. The number of phosphoric acid groups is 1. The van der Waals surface area contributed by atoms with Gasteiger partial charge in [-0.05, 0) is 11.1 Å². The molecule has 3 unspecified atom stereocenters. The van der Waals surface area contributed by atoms with E-state index in [2.05, 4.69) is 0 Å². The second-order valence-electron chi connectivity index (χ2n) is 13.2. The van der Waals surface area contributed by atoms with E-state index in [1.807, 2.05) is 12.1 Å². The molecule has 0 spiro atoms. The van der Waals surface area contributed by atoms with Gasteiger partial charge < -0.3 is 33.2 Å². The molecule has 3 heterocycles. The lowest BCUT2D eigenvalue weighted by molar-refractivity contribution is -0.479. The molecule has 298 valence electrons. The SMILES string of the molecule is CC(=O)O[C@H](C(=O)O[C@@H]1C2OC3O[C@H](C(OP(=O)(OCc4ccccc4)OCc4ccccc4)[C@@H]1O3)[C@H]2OC(=O)[C@@H](OC(C)=O)c1ccccc1)c1ccccc1. The maximum absolute atomic E-state index is 14.7. The molecule has 0 radical (unpaired) electrons. The normalized spacial score (nSPS) is 24.5. The molecule has 4 aromatic rings. The van der Waals surface area contributed by atoms with Gasteiger partial charge in [-0.3, -0.25) is 23.2 Å². The van der Waals surface area contributed by atoms with Gasteiger partial charge in [0.1, 0.15) is 24.4 Å². The van der Waals surface area contributed by atoms with Crippen molar-refractivity contribution >= 4 is 31.7 Å². The predicted molar refractivity (Wildman–Crippen MR) is 195 cm³/mol. The fraction of sp³-hybridized carbons (Fsp3) is 0.317. The van der Waals surface area contributed by atoms with Gasteiger partial charge in [-0.15, -0.1) is 0 Å². The maximum atomic E-state index is 14.7. The Hall–Kier alpha value is -5.25. The number of hydrogen-bond donors (Lipinski definition) is 0. The highest BCUT2D eigenvalue weighted by Crippen LogP contribution is 2.56. The Morgan fingerprint density at radius 2 is 0.895 bits per heavy atom. The lowest BCUT2D eigenvalue weighted by atomic mass is 9.82. The van der Waals surface area contributed by atoms with Crippen LogP contribution in [-0.4, -0.2) is 67.0 Å². The van der Waals surface area contributed by atoms with Crippen LogP contribution in [0.4, 0.5) is 0 Å². The van der Waals surface area contributed by atoms with Gasteiger partial charge in [0.05, 0.1) is 13.2 Å². The minimum Gasteiger partial charge on any atom is -0.454 e. The largest absolute Gasteiger partial charge is 0.475 e. The molecule has 9 atom stereocenters. The summed E-state index contributed by atoms with van der Waals surface area (Å²) in [6.07, 6.45) is -11.2. The highest BCUT2D eigenvalue weighted by Gasteiger charge is 2.67. The van der Waals surface area contributed by atoms with E-state index in [0.717, 1.165) is 13.8 Å². The van der Waals surface area contributed by atoms with Crippen LogP contribution in [0.15, 0.2) is 121 Å². The summed E-state index contributed by atoms with van der Waals surface area (Å²) in [4.78, 5) is 52.3. The third kappa shape index (κ3) is 9.66. The Kier molecular flexibility index (Phi) is 12.6. The Morgan fingerprint density at radius 1 is 0.544 bits per heavy atom. The molecule has 1 saturated carbocycles. The van der Waals surface area contributed by atoms with Crippen LogP contribution in [0.3, 0.4) is 0 Å². The summed E-state index contributed by atoms with van der Waals surface area (Å²) in [6.45, 7) is 0.559. The number of benzene rings is 4. The van der Waals surface area contributed by atoms with Crippen LogP contribution in [0.1, 0.15) is 48.3 Å². The number of phosphoric ester groups is 1. The molecule has 15 nitrogen and oxygen atoms in total. The minimum atomic E-state index is -4.59. The van der Waals surface area contributed by atoms with Crippen LogP contribution < -0.4 is 0 Å². The summed E-state index contributed by atoms with van der Waals surface area (Å²) in [5, 5.41) is 0. The van der Waals surface area contributed by atoms with Crippen LogP contribution in [0.25, 0.3) is 0 Å². The van der Waals surface area contributed by atoms with Gasteiger partial charge in [-0.25, -0.2) is 14.2 Å². The van der Waals surface area contributed by atoms with Crippen molar-refractivity contribution in [2.75, 3.05) is 0 Å². The molecule has 4 aromatic carbocycles. The predicted octanol–water partition coefficient (Wildman–Crippen LogP) is 5.83. The van der Waals surface area contributed by atoms with Crippen LogP contribution in [0, 0.1) is 0 Å². The smallest absolute Gasteiger partial charge is 0.454 e. The van der Waals surface area contributed by atoms with Crippen molar-refractivity contribution in [2.24, 2.45) is 0 Å². The number of esters is 4. The summed E-state index contributed by atoms with van der Waals surface area (Å²) < 4.78 is 73.6. The van der Waals surface area contributed by atoms with Crippen molar-refractivity contribution < 1.29 is 70.5 Å². The van der Waals surface area contributed by atoms with E-state index in [-0.39, 0.29) is 13.2 Å². The van der Waals surface area contributed by atoms with Crippen molar-refractivity contribution in [1.82, 2.24) is 0 Å². The monoisotopic (exact) mass is 802 g/mol. The molecule has 16 heteroatoms. The molecule has 1 aliphatic carbocycles. The standard InChI is InChI=1S/C41H39O15P/c1-25(42)49-31(29-19-11-5-12-20-29)39(44)51-33-35-34(52-40(45)32(50-26(2)43)30-21-13-6-14-22-30)37-38(36(33)54-41(53-35)55-37)56-57(46,47-23-27-15-7-3-8-16-27)48-24-28-17-9-4-10-18-28/h3-22,31-38,41H,23-24H2,1-2H3/t31-,32-,33-,34+,35?,36-,37+,38?,41?/m0/s1. The zero-order valence-electron chi connectivity index (χ0n) is 30.7. The Morgan fingerprint density at radius 3 is 1.26 bits per heavy atom. The van der Waals surface area contributed by atoms with Gasteiger partial charge in [0.25, 0.3) is 6.48 Å². The number of carbonyl (C=O) groups is 4. The van der Waals surface area contributed by atoms with Crippen LogP contribution >= 0.6 is 7.82 Å². The van der Waals surface area contributed by atoms with E-state index in [1.165, 1.54) is 0 Å². The van der Waals surface area contributed by atoms with Crippen molar-refractivity contribution in [3.63, 3.8) is 0 Å². The summed E-state index contributed by atoms with van der Waals surface area (Å²) in [6, 6.07) is 34.1. The van der Waals surface area contributed by atoms with Crippen LogP contribution in [0.5, 0.6) is 0 Å². The molecular formula is C41H39O15P. The number of hydrogen-bond acceptors (Lipinski definition) is 15. The van der Waals surface area contributed by atoms with Gasteiger partial charge in [0, 0.05) is 25.0 Å². The molecule has 3 aliphatic heterocycles. The lowest BCUT2D eigenvalue weighted by Crippen LogP contribution is -2.76. The summed E-state index contributed by atoms with van der Waals surface area (Å²) >= 11 is 0. The topological polar surface area (TPSA) is 178 Å². The van der Waals surface area contributed by atoms with E-state index in [4.69, 9.17) is 46.7 Å². The van der Waals surface area contributed by atoms with Gasteiger partial charge in [-0.1, -0.05) is 121 Å². The molecule has 8 rings (SSSR count). The highest BCUT2D eigenvalue weighted by atomic mass is 31.2. The number of carbonyl (C=O) groups excluding carboxylic acids is 4. The van der Waals surface area contributed by atoms with E-state index < -0.39 is 87.0 Å². The van der Waals surface area contributed by atoms with E-state index >= 15 is 0 Å². The minimum absolute atomic E-state index is 0.190. The molecule has 0 aromatic heterocycles. The second-order valence-corrected chi connectivity index (χ2v) is 14.9. The third-order valence-corrected chi connectivity index (χ3v) is 10.6. The summed E-state index contributed by atoms with van der Waals surface area (Å²) in [5.41, 5.74) is 1.93. The molecule has 0 N–H and O–H groups in total. The van der Waals surface area contributed by atoms with Crippen molar-refractivity contribution in [3.05, 3.63) is 144 Å². The molecule has 4 aliphatic rings. The zero-order valence-corrected chi connectivity index (χ0v) is 31.6. The average Bonchev–Trinajstić information content (AvgIpc) is 3.22. The van der Waals surface area contributed by atoms with Crippen molar-refractivity contribution in [1.29, 1.82) is 0 Å². The third-order valence-electron chi connectivity index (χ3n) is 9.17. The van der Waals surface area contributed by atoms with Crippen molar-refractivity contribution in [3.8, 4) is 0 Å². The Balaban J connectivity index is 1.23. The first-order valence-corrected chi connectivity index (χ1v) is 19.5. The molecule has 4 bridgehead atoms. The van der Waals surface area contributed by atoms with E-state index in [9.17, 15) is 23.7 Å². The first-order valence-electron chi connectivity index (χ1n) is 18.0. The van der Waals surface area contributed by atoms with Gasteiger partial charge in [0.2, 0.25) is 12.2 Å². The molecule has 0 amide bonds. The van der Waals surface area contributed by atoms with Gasteiger partial charge in [0.15, 0.2) is 12.2 Å². The van der Waals surface area contributed by atoms with Crippen molar-refractivity contribution in [2.45, 2.75) is 82.4 Å². The number of rotatable bonds is 16. The molecule has 4 fully saturated rings. The molecule has 57 heavy (non-hydrogen) atoms. The highest BCUT2D eigenvalue weighted by molar-refractivity contribution is 7.48. The van der Waals surface area contributed by atoms with E-state index in [0.29, 0.717) is 22.3 Å². The quantitative estimate of drug-likeness (QED) is 0.0751. The first kappa shape index (κ1) is 40.0. The van der Waals surface area contributed by atoms with Gasteiger partial charge in [-0.2, -0.15) is 0 Å². The Labute approximate surface area is 327 Å². The molecular weight excluding hydrogens is 763 g/mol. The van der Waals surface area contributed by atoms with E-state index in [1.54, 1.807) is 109 Å². The fourth-order valence-corrected chi connectivity index (χ4v) is 7.99. The Bertz CT molecular complexity index is 1910. The lowest BCUT2D eigenvalue weighted by Gasteiger charge is -2.57. The first-order chi connectivity index (χ1) is 27.6. The molecule has 3 saturated heterocycles. The number of ether oxygens (including phenoxy) is 7. The van der Waals surface area contributed by atoms with Gasteiger partial charge >= 0.3 is 31.7 Å². The maximum Gasteiger partial charge on any atom is 0.475 e. The average molecular weight is 803 g/mol. The summed E-state index contributed by atoms with van der Waals surface area (Å²) in [7, 11) is -4.59. The zero-order chi connectivity index (χ0) is 39.9. The van der Waals surface area contributed by atoms with Crippen LogP contribution in [-0.2, 0) is 83.7 Å². The van der Waals surface area contributed by atoms with Crippen LogP contribution in [0.2, 0.25) is 0 Å². The summed E-state index contributed by atoms with van der Waals surface area (Å²) in [5.74, 6) is -3.55. The fourth-order valence-electron chi connectivity index (χ4n) is 6.64.